The number of amides is 2. The van der Waals surface area contributed by atoms with Gasteiger partial charge in [-0.2, -0.15) is 10.1 Å². The van der Waals surface area contributed by atoms with Crippen molar-refractivity contribution in [3.63, 3.8) is 0 Å². The van der Waals surface area contributed by atoms with Crippen molar-refractivity contribution < 1.29 is 14.7 Å². The fraction of sp³-hybridized carbons (Fsp3) is 0.692. The molecule has 1 aromatic rings. The normalized spacial score (nSPS) is 25.3. The van der Waals surface area contributed by atoms with Gasteiger partial charge in [-0.3, -0.25) is 10.1 Å². The van der Waals surface area contributed by atoms with E-state index in [9.17, 15) is 14.7 Å². The number of rotatable bonds is 4. The Hall–Kier alpha value is -2.12. The minimum absolute atomic E-state index is 0.124. The van der Waals surface area contributed by atoms with Crippen molar-refractivity contribution >= 4 is 17.9 Å². The highest BCUT2D eigenvalue weighted by atomic mass is 16.4. The third-order valence-electron chi connectivity index (χ3n) is 4.21. The van der Waals surface area contributed by atoms with Crippen LogP contribution in [0.15, 0.2) is 6.33 Å². The molecule has 2 rings (SSSR count). The second-order valence-corrected chi connectivity index (χ2v) is 5.78. The van der Waals surface area contributed by atoms with Gasteiger partial charge in [0.05, 0.1) is 5.41 Å². The van der Waals surface area contributed by atoms with E-state index >= 15 is 0 Å². The molecule has 8 heteroatoms. The molecule has 0 atom stereocenters. The number of hydrogen-bond donors (Lipinski definition) is 3. The van der Waals surface area contributed by atoms with Crippen LogP contribution in [0, 0.1) is 11.3 Å². The molecule has 8 nitrogen and oxygen atoms in total. The predicted molar refractivity (Wildman–Crippen MR) is 75.7 cm³/mol. The van der Waals surface area contributed by atoms with Crippen LogP contribution in [0.3, 0.4) is 0 Å². The Labute approximate surface area is 122 Å². The minimum Gasteiger partial charge on any atom is -0.481 e. The van der Waals surface area contributed by atoms with Crippen molar-refractivity contribution in [2.45, 2.75) is 32.6 Å². The smallest absolute Gasteiger partial charge is 0.321 e. The summed E-state index contributed by atoms with van der Waals surface area (Å²) in [5.74, 6) is 0.0208. The lowest BCUT2D eigenvalue weighted by molar-refractivity contribution is -0.151. The zero-order valence-electron chi connectivity index (χ0n) is 12.3. The third kappa shape index (κ3) is 3.50. The first-order chi connectivity index (χ1) is 9.93. The Kier molecular flexibility index (Phi) is 4.44. The first-order valence-corrected chi connectivity index (χ1v) is 7.05. The molecule has 21 heavy (non-hydrogen) atoms. The van der Waals surface area contributed by atoms with Crippen molar-refractivity contribution in [1.29, 1.82) is 0 Å². The molecule has 1 aromatic heterocycles. The Morgan fingerprint density at radius 2 is 2.14 bits per heavy atom. The van der Waals surface area contributed by atoms with Crippen LogP contribution in [0.4, 0.5) is 10.7 Å². The van der Waals surface area contributed by atoms with E-state index in [2.05, 4.69) is 27.6 Å². The van der Waals surface area contributed by atoms with Gasteiger partial charge in [-0.1, -0.05) is 6.92 Å². The predicted octanol–water partition coefficient (Wildman–Crippen LogP) is 1.22. The van der Waals surface area contributed by atoms with Gasteiger partial charge in [-0.25, -0.2) is 9.48 Å². The summed E-state index contributed by atoms with van der Waals surface area (Å²) in [5.41, 5.74) is -0.857. The van der Waals surface area contributed by atoms with E-state index < -0.39 is 17.4 Å². The van der Waals surface area contributed by atoms with Crippen LogP contribution >= 0.6 is 0 Å². The highest BCUT2D eigenvalue weighted by Crippen LogP contribution is 2.38. The lowest BCUT2D eigenvalue weighted by Gasteiger charge is -2.35. The maximum Gasteiger partial charge on any atom is 0.321 e. The molecule has 0 aliphatic heterocycles. The van der Waals surface area contributed by atoms with Crippen molar-refractivity contribution in [3.05, 3.63) is 6.33 Å². The number of aromatic nitrogens is 3. The van der Waals surface area contributed by atoms with Crippen molar-refractivity contribution in [3.8, 4) is 0 Å². The second kappa shape index (κ2) is 6.11. The SMILES string of the molecule is CC1CCC(CNC(=O)Nc2ncnn2C)(C(=O)O)CC1. The molecular formula is C13H21N5O3. The quantitative estimate of drug-likeness (QED) is 0.773. The first kappa shape index (κ1) is 15.3. The lowest BCUT2D eigenvalue weighted by Crippen LogP contribution is -2.46. The van der Waals surface area contributed by atoms with Crippen molar-refractivity contribution in [2.24, 2.45) is 18.4 Å². The van der Waals surface area contributed by atoms with Gasteiger partial charge in [0, 0.05) is 13.6 Å². The highest BCUT2D eigenvalue weighted by Gasteiger charge is 2.41. The largest absolute Gasteiger partial charge is 0.481 e. The van der Waals surface area contributed by atoms with Crippen LogP contribution in [0.25, 0.3) is 0 Å². The molecule has 0 aromatic carbocycles. The maximum absolute atomic E-state index is 11.8. The summed E-state index contributed by atoms with van der Waals surface area (Å²) >= 11 is 0. The van der Waals surface area contributed by atoms with Crippen molar-refractivity contribution in [1.82, 2.24) is 20.1 Å². The molecule has 1 aliphatic carbocycles. The summed E-state index contributed by atoms with van der Waals surface area (Å²) in [5, 5.41) is 18.5. The second-order valence-electron chi connectivity index (χ2n) is 5.78. The van der Waals surface area contributed by atoms with E-state index in [0.29, 0.717) is 24.7 Å². The van der Waals surface area contributed by atoms with Crippen LogP contribution in [-0.2, 0) is 11.8 Å². The van der Waals surface area contributed by atoms with E-state index in [-0.39, 0.29) is 6.54 Å². The molecule has 1 heterocycles. The van der Waals surface area contributed by atoms with E-state index in [1.165, 1.54) is 11.0 Å². The Bertz CT molecular complexity index is 520. The molecule has 0 radical (unpaired) electrons. The number of carbonyl (C=O) groups excluding carboxylic acids is 1. The fourth-order valence-electron chi connectivity index (χ4n) is 2.59. The molecule has 0 bridgehead atoms. The van der Waals surface area contributed by atoms with Crippen LogP contribution in [-0.4, -0.2) is 38.4 Å². The summed E-state index contributed by atoms with van der Waals surface area (Å²) in [4.78, 5) is 27.3. The number of hydrogen-bond acceptors (Lipinski definition) is 4. The molecule has 0 unspecified atom stereocenters. The summed E-state index contributed by atoms with van der Waals surface area (Å²) in [6, 6.07) is -0.467. The molecule has 0 saturated heterocycles. The summed E-state index contributed by atoms with van der Waals surface area (Å²) < 4.78 is 1.43. The zero-order valence-corrected chi connectivity index (χ0v) is 12.3. The van der Waals surface area contributed by atoms with Crippen molar-refractivity contribution in [2.75, 3.05) is 11.9 Å². The third-order valence-corrected chi connectivity index (χ3v) is 4.21. The topological polar surface area (TPSA) is 109 Å². The van der Waals surface area contributed by atoms with Gasteiger partial charge in [0.15, 0.2) is 0 Å². The van der Waals surface area contributed by atoms with Gasteiger partial charge in [-0.15, -0.1) is 0 Å². The van der Waals surface area contributed by atoms with E-state index in [4.69, 9.17) is 0 Å². The Morgan fingerprint density at radius 1 is 1.48 bits per heavy atom. The number of nitrogens with zero attached hydrogens (tertiary/aromatic N) is 3. The Morgan fingerprint density at radius 3 is 2.67 bits per heavy atom. The molecule has 2 amide bonds. The molecule has 1 aliphatic rings. The van der Waals surface area contributed by atoms with E-state index in [1.54, 1.807) is 7.05 Å². The summed E-state index contributed by atoms with van der Waals surface area (Å²) in [6.07, 6.45) is 4.26. The van der Waals surface area contributed by atoms with Gasteiger partial charge in [0.1, 0.15) is 6.33 Å². The molecule has 116 valence electrons. The number of carbonyl (C=O) groups is 2. The summed E-state index contributed by atoms with van der Waals surface area (Å²) in [6.45, 7) is 2.25. The van der Waals surface area contributed by atoms with Crippen LogP contribution in [0.1, 0.15) is 32.6 Å². The van der Waals surface area contributed by atoms with Crippen LogP contribution in [0.5, 0.6) is 0 Å². The first-order valence-electron chi connectivity index (χ1n) is 7.05. The number of aryl methyl sites for hydroxylation is 1. The number of carboxylic acids is 1. The van der Waals surface area contributed by atoms with Crippen LogP contribution in [0.2, 0.25) is 0 Å². The molecule has 3 N–H and O–H groups in total. The molecule has 1 saturated carbocycles. The zero-order chi connectivity index (χ0) is 15.5. The van der Waals surface area contributed by atoms with Gasteiger partial charge in [0.2, 0.25) is 5.95 Å². The summed E-state index contributed by atoms with van der Waals surface area (Å²) in [7, 11) is 1.66. The molecular weight excluding hydrogens is 274 g/mol. The van der Waals surface area contributed by atoms with Crippen LogP contribution < -0.4 is 10.6 Å². The molecule has 0 spiro atoms. The van der Waals surface area contributed by atoms with Gasteiger partial charge in [-0.05, 0) is 31.6 Å². The average Bonchev–Trinajstić information content (AvgIpc) is 2.84. The number of urea groups is 1. The Balaban J connectivity index is 1.92. The van der Waals surface area contributed by atoms with Gasteiger partial charge >= 0.3 is 12.0 Å². The average molecular weight is 295 g/mol. The maximum atomic E-state index is 11.8. The van der Waals surface area contributed by atoms with Gasteiger partial charge in [0.25, 0.3) is 0 Å². The number of aliphatic carboxylic acids is 1. The number of carboxylic acid groups (broad SMARTS) is 1. The van der Waals surface area contributed by atoms with E-state index in [0.717, 1.165) is 12.8 Å². The highest BCUT2D eigenvalue weighted by molar-refractivity contribution is 5.88. The van der Waals surface area contributed by atoms with Gasteiger partial charge < -0.3 is 10.4 Å². The lowest BCUT2D eigenvalue weighted by atomic mass is 9.71. The number of nitrogens with one attached hydrogen (secondary N) is 2. The minimum atomic E-state index is -0.857. The standard InChI is InChI=1S/C13H21N5O3/c1-9-3-5-13(6-4-9,10(19)20)7-14-12(21)17-11-15-8-16-18(11)2/h8-9H,3-7H2,1-2H3,(H,19,20)(H2,14,15,16,17,21). The number of anilines is 1. The monoisotopic (exact) mass is 295 g/mol. The molecule has 1 fully saturated rings. The fourth-order valence-corrected chi connectivity index (χ4v) is 2.59. The van der Waals surface area contributed by atoms with E-state index in [1.807, 2.05) is 0 Å².